The quantitative estimate of drug-likeness (QED) is 0.0562. The van der Waals surface area contributed by atoms with Crippen LogP contribution in [-0.2, 0) is 4.79 Å². The fourth-order valence-electron chi connectivity index (χ4n) is 6.94. The van der Waals surface area contributed by atoms with E-state index < -0.39 is 5.97 Å². The van der Waals surface area contributed by atoms with Crippen LogP contribution in [0.25, 0.3) is 0 Å². The molecule has 43 heavy (non-hydrogen) atoms. The maximum atomic E-state index is 8.89. The van der Waals surface area contributed by atoms with Crippen molar-refractivity contribution in [3.05, 3.63) is 0 Å². The minimum atomic E-state index is -1.08. The van der Waals surface area contributed by atoms with Crippen molar-refractivity contribution in [3.63, 3.8) is 0 Å². The summed E-state index contributed by atoms with van der Waals surface area (Å²) in [5.74, 6) is -1.08. The van der Waals surface area contributed by atoms with Crippen molar-refractivity contribution in [2.75, 3.05) is 13.1 Å². The molecule has 0 amide bonds. The van der Waals surface area contributed by atoms with Crippen LogP contribution >= 0.6 is 0 Å². The van der Waals surface area contributed by atoms with Gasteiger partial charge in [-0.15, -0.1) is 0 Å². The molecule has 260 valence electrons. The van der Waals surface area contributed by atoms with Gasteiger partial charge >= 0.3 is 0 Å². The molecule has 0 atom stereocenters. The van der Waals surface area contributed by atoms with Crippen LogP contribution in [0.4, 0.5) is 0 Å². The zero-order chi connectivity index (χ0) is 32.4. The van der Waals surface area contributed by atoms with Crippen molar-refractivity contribution in [1.82, 2.24) is 0 Å². The van der Waals surface area contributed by atoms with Gasteiger partial charge in [0.2, 0.25) is 0 Å². The molecule has 0 N–H and O–H groups in total. The first-order valence-corrected chi connectivity index (χ1v) is 19.8. The van der Waals surface area contributed by atoms with Crippen LogP contribution < -0.4 is 5.11 Å². The zero-order valence-corrected chi connectivity index (χ0v) is 31.1. The number of unbranched alkanes of at least 4 members (excludes halogenated alkanes) is 26. The van der Waals surface area contributed by atoms with E-state index in [1.54, 1.807) is 0 Å². The summed E-state index contributed by atoms with van der Waals surface area (Å²) < 4.78 is 1.36. The molecule has 0 saturated heterocycles. The summed E-state index contributed by atoms with van der Waals surface area (Å²) >= 11 is 0. The first-order chi connectivity index (χ1) is 20.7. The molecule has 0 saturated carbocycles. The lowest BCUT2D eigenvalue weighted by Crippen LogP contribution is -2.58. The van der Waals surface area contributed by atoms with Crippen molar-refractivity contribution in [2.24, 2.45) is 0 Å². The Balaban J connectivity index is 0. The number of aliphatic carboxylic acids is 1. The Morgan fingerprint density at radius 2 is 0.581 bits per heavy atom. The molecule has 3 heteroatoms. The Labute approximate surface area is 273 Å². The molecule has 0 heterocycles. The van der Waals surface area contributed by atoms with E-state index in [9.17, 15) is 0 Å². The van der Waals surface area contributed by atoms with Gasteiger partial charge in [-0.25, -0.2) is 0 Å². The SMILES string of the molecule is CC(=O)[O-].CCCCCCCCCCCCCCCC[N+](CCCCCCCCCCCCCCCC)(C(C)C)C(C)C. The molecule has 0 aliphatic rings. The van der Waals surface area contributed by atoms with E-state index in [1.807, 2.05) is 0 Å². The molecule has 0 aromatic heterocycles. The average Bonchev–Trinajstić information content (AvgIpc) is 2.95. The highest BCUT2D eigenvalue weighted by atomic mass is 16.4. The number of carboxylic acids is 1. The van der Waals surface area contributed by atoms with Crippen LogP contribution in [0.2, 0.25) is 0 Å². The van der Waals surface area contributed by atoms with E-state index in [2.05, 4.69) is 41.5 Å². The first kappa shape index (κ1) is 44.6. The fraction of sp³-hybridized carbons (Fsp3) is 0.975. The molecular formula is C40H83NO2. The molecule has 0 aromatic carbocycles. The number of quaternary nitrogens is 1. The van der Waals surface area contributed by atoms with Gasteiger partial charge in [0, 0.05) is 5.97 Å². The normalized spacial score (nSPS) is 11.7. The molecule has 0 aliphatic carbocycles. The minimum Gasteiger partial charge on any atom is -0.550 e. The molecule has 0 radical (unpaired) electrons. The summed E-state index contributed by atoms with van der Waals surface area (Å²) in [7, 11) is 0. The van der Waals surface area contributed by atoms with Gasteiger partial charge in [0.25, 0.3) is 0 Å². The van der Waals surface area contributed by atoms with Gasteiger partial charge in [0.1, 0.15) is 0 Å². The van der Waals surface area contributed by atoms with Crippen molar-refractivity contribution < 1.29 is 14.4 Å². The number of hydrogen-bond acceptors (Lipinski definition) is 2. The van der Waals surface area contributed by atoms with Crippen LogP contribution in [-0.4, -0.2) is 35.6 Å². The smallest absolute Gasteiger partial charge is 0.0835 e. The number of hydrogen-bond donors (Lipinski definition) is 0. The van der Waals surface area contributed by atoms with E-state index in [1.165, 1.54) is 197 Å². The lowest BCUT2D eigenvalue weighted by Gasteiger charge is -2.46. The lowest BCUT2D eigenvalue weighted by molar-refractivity contribution is -0.967. The van der Waals surface area contributed by atoms with Crippen LogP contribution in [0.15, 0.2) is 0 Å². The molecule has 0 aliphatic heterocycles. The lowest BCUT2D eigenvalue weighted by atomic mass is 10.0. The Kier molecular flexibility index (Phi) is 35.5. The maximum absolute atomic E-state index is 8.89. The maximum Gasteiger partial charge on any atom is 0.0835 e. The Hall–Kier alpha value is -0.570. The Bertz CT molecular complexity index is 499. The van der Waals surface area contributed by atoms with Gasteiger partial charge in [-0.05, 0) is 60.3 Å². The summed E-state index contributed by atoms with van der Waals surface area (Å²) in [5, 5.41) is 8.89. The highest BCUT2D eigenvalue weighted by Crippen LogP contribution is 2.24. The minimum absolute atomic E-state index is 0.758. The Morgan fingerprint density at radius 3 is 0.744 bits per heavy atom. The second-order valence-corrected chi connectivity index (χ2v) is 14.4. The number of nitrogens with zero attached hydrogens (tertiary/aromatic N) is 1. The topological polar surface area (TPSA) is 40.1 Å². The highest BCUT2D eigenvalue weighted by molar-refractivity contribution is 5.60. The predicted molar refractivity (Wildman–Crippen MR) is 192 cm³/mol. The standard InChI is InChI=1S/C38H80N.C2H4O2/c1-7-9-11-13-15-17-19-21-23-25-27-29-31-33-35-39(37(3)4,38(5)6)36-34-32-30-28-26-24-22-20-18-16-14-12-10-8-2;1-2(3)4/h37-38H,7-36H2,1-6H3;1H3,(H,3,4)/q+1;/p-1. The van der Waals surface area contributed by atoms with Gasteiger partial charge in [0.05, 0.1) is 25.2 Å². The summed E-state index contributed by atoms with van der Waals surface area (Å²) in [6, 6.07) is 1.52. The fourth-order valence-corrected chi connectivity index (χ4v) is 6.94. The van der Waals surface area contributed by atoms with E-state index in [4.69, 9.17) is 9.90 Å². The van der Waals surface area contributed by atoms with E-state index in [0.29, 0.717) is 0 Å². The third kappa shape index (κ3) is 31.2. The number of carbonyl (C=O) groups excluding carboxylic acids is 1. The Morgan fingerprint density at radius 1 is 0.419 bits per heavy atom. The van der Waals surface area contributed by atoms with Gasteiger partial charge in [-0.2, -0.15) is 0 Å². The van der Waals surface area contributed by atoms with E-state index in [-0.39, 0.29) is 0 Å². The summed E-state index contributed by atoms with van der Waals surface area (Å²) in [5.41, 5.74) is 0. The molecule has 3 nitrogen and oxygen atoms in total. The summed E-state index contributed by atoms with van der Waals surface area (Å²) in [6.45, 7) is 18.4. The van der Waals surface area contributed by atoms with Crippen molar-refractivity contribution in [3.8, 4) is 0 Å². The largest absolute Gasteiger partial charge is 0.550 e. The monoisotopic (exact) mass is 610 g/mol. The number of rotatable bonds is 32. The van der Waals surface area contributed by atoms with Crippen molar-refractivity contribution in [2.45, 2.75) is 240 Å². The predicted octanol–water partition coefficient (Wildman–Crippen LogP) is 12.3. The summed E-state index contributed by atoms with van der Waals surface area (Å²) in [4.78, 5) is 8.89. The molecule has 0 unspecified atom stereocenters. The van der Waals surface area contributed by atoms with Crippen LogP contribution in [0.1, 0.15) is 228 Å². The molecule has 0 bridgehead atoms. The second-order valence-electron chi connectivity index (χ2n) is 14.4. The van der Waals surface area contributed by atoms with Crippen molar-refractivity contribution in [1.29, 1.82) is 0 Å². The first-order valence-electron chi connectivity index (χ1n) is 19.8. The molecule has 0 fully saturated rings. The molecule has 0 spiro atoms. The second kappa shape index (κ2) is 34.3. The molecular weight excluding hydrogens is 526 g/mol. The van der Waals surface area contributed by atoms with Crippen LogP contribution in [0.5, 0.6) is 0 Å². The third-order valence-corrected chi connectivity index (χ3v) is 9.91. The zero-order valence-electron chi connectivity index (χ0n) is 31.1. The van der Waals surface area contributed by atoms with Gasteiger partial charge < -0.3 is 14.4 Å². The van der Waals surface area contributed by atoms with Gasteiger partial charge in [0.15, 0.2) is 0 Å². The molecule has 0 rings (SSSR count). The van der Waals surface area contributed by atoms with Crippen LogP contribution in [0, 0.1) is 0 Å². The number of carboxylic acid groups (broad SMARTS) is 1. The van der Waals surface area contributed by atoms with Gasteiger partial charge in [-0.1, -0.05) is 168 Å². The number of carbonyl (C=O) groups is 1. The molecule has 0 aromatic rings. The summed E-state index contributed by atoms with van der Waals surface area (Å²) in [6.07, 6.45) is 40.9. The van der Waals surface area contributed by atoms with Gasteiger partial charge in [-0.3, -0.25) is 0 Å². The van der Waals surface area contributed by atoms with E-state index in [0.717, 1.165) is 19.0 Å². The van der Waals surface area contributed by atoms with Crippen molar-refractivity contribution >= 4 is 5.97 Å². The highest BCUT2D eigenvalue weighted by Gasteiger charge is 2.33. The van der Waals surface area contributed by atoms with Crippen LogP contribution in [0.3, 0.4) is 0 Å². The van der Waals surface area contributed by atoms with E-state index >= 15 is 0 Å². The third-order valence-electron chi connectivity index (χ3n) is 9.91. The average molecular weight is 610 g/mol.